The third-order valence-corrected chi connectivity index (χ3v) is 4.30. The van der Waals surface area contributed by atoms with Gasteiger partial charge in [-0.15, -0.1) is 0 Å². The van der Waals surface area contributed by atoms with Crippen LogP contribution in [0.15, 0.2) is 24.3 Å². The van der Waals surface area contributed by atoms with E-state index >= 15 is 0 Å². The Morgan fingerprint density at radius 1 is 1.20 bits per heavy atom. The van der Waals surface area contributed by atoms with E-state index in [-0.39, 0.29) is 0 Å². The summed E-state index contributed by atoms with van der Waals surface area (Å²) in [5, 5.41) is 0. The van der Waals surface area contributed by atoms with Crippen molar-refractivity contribution in [1.29, 1.82) is 0 Å². The molecule has 0 amide bonds. The van der Waals surface area contributed by atoms with Crippen LogP contribution >= 0.6 is 0 Å². The first-order valence-electron chi connectivity index (χ1n) is 6.20. The zero-order valence-electron chi connectivity index (χ0n) is 9.50. The van der Waals surface area contributed by atoms with Gasteiger partial charge >= 0.3 is 0 Å². The minimum atomic E-state index is 0.422. The summed E-state index contributed by atoms with van der Waals surface area (Å²) < 4.78 is 0. The summed E-state index contributed by atoms with van der Waals surface area (Å²) in [6.07, 6.45) is 5.56. The van der Waals surface area contributed by atoms with E-state index < -0.39 is 0 Å². The van der Waals surface area contributed by atoms with Crippen molar-refractivity contribution < 1.29 is 0 Å². The first kappa shape index (κ1) is 9.41. The molecule has 0 atom stereocenters. The normalized spacial score (nSPS) is 23.5. The summed E-state index contributed by atoms with van der Waals surface area (Å²) in [6.45, 7) is 4.66. The highest BCUT2D eigenvalue weighted by molar-refractivity contribution is 5.39. The molecule has 1 saturated carbocycles. The van der Waals surface area contributed by atoms with E-state index in [1.165, 1.54) is 38.8 Å². The average Bonchev–Trinajstić information content (AvgIpc) is 2.87. The lowest BCUT2D eigenvalue weighted by molar-refractivity contribution is 0.114. The van der Waals surface area contributed by atoms with Crippen LogP contribution in [0.4, 0.5) is 0 Å². The molecule has 0 radical (unpaired) electrons. The van der Waals surface area contributed by atoms with Gasteiger partial charge in [-0.3, -0.25) is 4.90 Å². The monoisotopic (exact) mass is 201 g/mol. The number of benzene rings is 1. The van der Waals surface area contributed by atoms with Gasteiger partial charge in [-0.1, -0.05) is 44.0 Å². The van der Waals surface area contributed by atoms with E-state index in [4.69, 9.17) is 0 Å². The molecule has 0 saturated heterocycles. The molecule has 80 valence electrons. The molecule has 1 spiro atoms. The van der Waals surface area contributed by atoms with Crippen molar-refractivity contribution in [3.63, 3.8) is 0 Å². The molecule has 0 N–H and O–H groups in total. The molecule has 1 heteroatoms. The summed E-state index contributed by atoms with van der Waals surface area (Å²) in [5.41, 5.74) is 3.62. The molecule has 2 aliphatic rings. The third-order valence-electron chi connectivity index (χ3n) is 4.30. The molecule has 3 rings (SSSR count). The van der Waals surface area contributed by atoms with Crippen molar-refractivity contribution in [2.75, 3.05) is 6.54 Å². The lowest BCUT2D eigenvalue weighted by Crippen LogP contribution is -2.38. The quantitative estimate of drug-likeness (QED) is 0.674. The second kappa shape index (κ2) is 3.34. The Kier molecular flexibility index (Phi) is 2.10. The van der Waals surface area contributed by atoms with Gasteiger partial charge in [0.15, 0.2) is 0 Å². The highest BCUT2D eigenvalue weighted by Crippen LogP contribution is 2.49. The topological polar surface area (TPSA) is 3.24 Å². The first-order chi connectivity index (χ1) is 7.37. The minimum absolute atomic E-state index is 0.422. The van der Waals surface area contributed by atoms with E-state index in [1.807, 2.05) is 0 Å². The lowest BCUT2D eigenvalue weighted by atomic mass is 9.88. The molecule has 1 aromatic carbocycles. The fraction of sp³-hybridized carbons (Fsp3) is 0.571. The van der Waals surface area contributed by atoms with Gasteiger partial charge in [0.1, 0.15) is 0 Å². The molecule has 1 fully saturated rings. The van der Waals surface area contributed by atoms with Gasteiger partial charge in [-0.2, -0.15) is 0 Å². The Bertz CT molecular complexity index is 363. The average molecular weight is 201 g/mol. The van der Waals surface area contributed by atoms with Crippen molar-refractivity contribution in [2.24, 2.45) is 0 Å². The molecule has 1 aromatic rings. The van der Waals surface area contributed by atoms with Crippen LogP contribution in [0.5, 0.6) is 0 Å². The van der Waals surface area contributed by atoms with Gasteiger partial charge < -0.3 is 0 Å². The van der Waals surface area contributed by atoms with E-state index in [0.717, 1.165) is 0 Å². The SMILES string of the molecule is CCN1Cc2ccccc2C12CCCC2. The van der Waals surface area contributed by atoms with E-state index in [1.54, 1.807) is 11.1 Å². The summed E-state index contributed by atoms with van der Waals surface area (Å²) in [7, 11) is 0. The summed E-state index contributed by atoms with van der Waals surface area (Å²) >= 11 is 0. The lowest BCUT2D eigenvalue weighted by Gasteiger charge is -2.35. The van der Waals surface area contributed by atoms with Crippen LogP contribution in [0.3, 0.4) is 0 Å². The fourth-order valence-electron chi connectivity index (χ4n) is 3.60. The number of hydrogen-bond acceptors (Lipinski definition) is 1. The van der Waals surface area contributed by atoms with E-state index in [2.05, 4.69) is 36.1 Å². The molecule has 0 unspecified atom stereocenters. The number of rotatable bonds is 1. The second-order valence-electron chi connectivity index (χ2n) is 4.91. The highest BCUT2D eigenvalue weighted by atomic mass is 15.2. The largest absolute Gasteiger partial charge is 0.290 e. The minimum Gasteiger partial charge on any atom is -0.290 e. The van der Waals surface area contributed by atoms with Gasteiger partial charge in [0.05, 0.1) is 0 Å². The number of fused-ring (bicyclic) bond motifs is 2. The van der Waals surface area contributed by atoms with Crippen LogP contribution in [0.2, 0.25) is 0 Å². The van der Waals surface area contributed by atoms with Crippen molar-refractivity contribution in [1.82, 2.24) is 4.90 Å². The molecule has 1 aliphatic carbocycles. The Hall–Kier alpha value is -0.820. The molecular formula is C14H19N. The predicted octanol–water partition coefficient (Wildman–Crippen LogP) is 3.29. The Balaban J connectivity index is 2.10. The maximum atomic E-state index is 2.69. The number of nitrogens with zero attached hydrogens (tertiary/aromatic N) is 1. The van der Waals surface area contributed by atoms with E-state index in [9.17, 15) is 0 Å². The van der Waals surface area contributed by atoms with Crippen LogP contribution < -0.4 is 0 Å². The van der Waals surface area contributed by atoms with Crippen LogP contribution in [-0.2, 0) is 12.1 Å². The Labute approximate surface area is 92.1 Å². The van der Waals surface area contributed by atoms with Crippen molar-refractivity contribution in [3.05, 3.63) is 35.4 Å². The molecule has 1 heterocycles. The fourth-order valence-corrected chi connectivity index (χ4v) is 3.60. The molecule has 1 aliphatic heterocycles. The second-order valence-corrected chi connectivity index (χ2v) is 4.91. The van der Waals surface area contributed by atoms with Gasteiger partial charge in [0.25, 0.3) is 0 Å². The maximum absolute atomic E-state index is 2.69. The Morgan fingerprint density at radius 2 is 1.93 bits per heavy atom. The van der Waals surface area contributed by atoms with Crippen molar-refractivity contribution in [2.45, 2.75) is 44.7 Å². The van der Waals surface area contributed by atoms with Crippen LogP contribution in [0, 0.1) is 0 Å². The van der Waals surface area contributed by atoms with Gasteiger partial charge in [-0.05, 0) is 30.5 Å². The molecule has 15 heavy (non-hydrogen) atoms. The third kappa shape index (κ3) is 1.19. The van der Waals surface area contributed by atoms with E-state index in [0.29, 0.717) is 5.54 Å². The molecular weight excluding hydrogens is 182 g/mol. The maximum Gasteiger partial charge on any atom is 0.0467 e. The summed E-state index contributed by atoms with van der Waals surface area (Å²) in [6, 6.07) is 9.06. The van der Waals surface area contributed by atoms with Gasteiger partial charge in [0, 0.05) is 12.1 Å². The van der Waals surface area contributed by atoms with Crippen molar-refractivity contribution in [3.8, 4) is 0 Å². The first-order valence-corrected chi connectivity index (χ1v) is 6.20. The van der Waals surface area contributed by atoms with Crippen molar-refractivity contribution >= 4 is 0 Å². The van der Waals surface area contributed by atoms with Gasteiger partial charge in [0.2, 0.25) is 0 Å². The standard InChI is InChI=1S/C14H19N/c1-2-15-11-12-7-3-4-8-13(12)14(15)9-5-6-10-14/h3-4,7-8H,2,5-6,9-11H2,1H3. The predicted molar refractivity (Wildman–Crippen MR) is 62.7 cm³/mol. The number of hydrogen-bond donors (Lipinski definition) is 0. The molecule has 0 aromatic heterocycles. The smallest absolute Gasteiger partial charge is 0.0467 e. The molecule has 0 bridgehead atoms. The highest BCUT2D eigenvalue weighted by Gasteiger charge is 2.45. The van der Waals surface area contributed by atoms with Crippen LogP contribution in [0.1, 0.15) is 43.7 Å². The Morgan fingerprint density at radius 3 is 2.67 bits per heavy atom. The van der Waals surface area contributed by atoms with Crippen LogP contribution in [0.25, 0.3) is 0 Å². The zero-order valence-corrected chi connectivity index (χ0v) is 9.50. The van der Waals surface area contributed by atoms with Crippen LogP contribution in [-0.4, -0.2) is 11.4 Å². The zero-order chi connectivity index (χ0) is 10.3. The van der Waals surface area contributed by atoms with Gasteiger partial charge in [-0.25, -0.2) is 0 Å². The summed E-state index contributed by atoms with van der Waals surface area (Å²) in [4.78, 5) is 2.69. The molecule has 1 nitrogen and oxygen atoms in total. The summed E-state index contributed by atoms with van der Waals surface area (Å²) in [5.74, 6) is 0.